The highest BCUT2D eigenvalue weighted by molar-refractivity contribution is 5.94. The normalized spacial score (nSPS) is 10.3. The molecule has 1 aromatic heterocycles. The van der Waals surface area contributed by atoms with Crippen molar-refractivity contribution >= 4 is 11.6 Å². The highest BCUT2D eigenvalue weighted by Gasteiger charge is 2.04. The molecule has 0 unspecified atom stereocenters. The molecule has 0 saturated heterocycles. The minimum atomic E-state index is -0.0741. The Morgan fingerprint density at radius 1 is 1.37 bits per heavy atom. The van der Waals surface area contributed by atoms with Crippen molar-refractivity contribution in [3.05, 3.63) is 48.5 Å². The van der Waals surface area contributed by atoms with Gasteiger partial charge in [-0.2, -0.15) is 0 Å². The summed E-state index contributed by atoms with van der Waals surface area (Å²) in [5.74, 6) is -0.0741. The maximum atomic E-state index is 11.8. The number of anilines is 1. The summed E-state index contributed by atoms with van der Waals surface area (Å²) in [6, 6.07) is 6.99. The zero-order valence-corrected chi connectivity index (χ0v) is 10.7. The van der Waals surface area contributed by atoms with Crippen molar-refractivity contribution in [2.24, 2.45) is 0 Å². The van der Waals surface area contributed by atoms with Crippen LogP contribution in [0, 0.1) is 0 Å². The van der Waals surface area contributed by atoms with E-state index >= 15 is 0 Å². The minimum absolute atomic E-state index is 0.0741. The maximum absolute atomic E-state index is 11.8. The lowest BCUT2D eigenvalue weighted by atomic mass is 10.2. The third-order valence-corrected chi connectivity index (χ3v) is 2.84. The largest absolute Gasteiger partial charge is 0.399 e. The molecular weight excluding hydrogens is 240 g/mol. The molecule has 0 radical (unpaired) electrons. The minimum Gasteiger partial charge on any atom is -0.399 e. The summed E-state index contributed by atoms with van der Waals surface area (Å²) < 4.78 is 2.03. The summed E-state index contributed by atoms with van der Waals surface area (Å²) in [5, 5.41) is 2.89. The first-order valence-corrected chi connectivity index (χ1v) is 6.35. The summed E-state index contributed by atoms with van der Waals surface area (Å²) in [4.78, 5) is 15.8. The van der Waals surface area contributed by atoms with Crippen molar-refractivity contribution < 1.29 is 4.79 Å². The second-order valence-electron chi connectivity index (χ2n) is 4.39. The number of rotatable bonds is 6. The average molecular weight is 258 g/mol. The average Bonchev–Trinajstić information content (AvgIpc) is 2.91. The Morgan fingerprint density at radius 3 is 3.00 bits per heavy atom. The molecule has 5 heteroatoms. The molecule has 0 spiro atoms. The van der Waals surface area contributed by atoms with E-state index in [1.165, 1.54) is 0 Å². The van der Waals surface area contributed by atoms with Crippen molar-refractivity contribution in [3.8, 4) is 0 Å². The Bertz CT molecular complexity index is 522. The summed E-state index contributed by atoms with van der Waals surface area (Å²) in [6.45, 7) is 1.59. The van der Waals surface area contributed by atoms with E-state index in [0.717, 1.165) is 19.4 Å². The van der Waals surface area contributed by atoms with Gasteiger partial charge in [-0.25, -0.2) is 4.98 Å². The molecule has 0 bridgehead atoms. The van der Waals surface area contributed by atoms with Crippen LogP contribution in [0.25, 0.3) is 0 Å². The molecule has 0 fully saturated rings. The number of unbranched alkanes of at least 4 members (excludes halogenated alkanes) is 1. The van der Waals surface area contributed by atoms with Gasteiger partial charge < -0.3 is 15.6 Å². The van der Waals surface area contributed by atoms with E-state index in [1.807, 2.05) is 10.8 Å². The molecule has 1 heterocycles. The Hall–Kier alpha value is -2.30. The van der Waals surface area contributed by atoms with E-state index in [2.05, 4.69) is 10.3 Å². The monoisotopic (exact) mass is 258 g/mol. The Morgan fingerprint density at radius 2 is 2.26 bits per heavy atom. The van der Waals surface area contributed by atoms with Crippen molar-refractivity contribution in [1.29, 1.82) is 0 Å². The number of aromatic nitrogens is 2. The van der Waals surface area contributed by atoms with Gasteiger partial charge in [0.1, 0.15) is 0 Å². The second kappa shape index (κ2) is 6.58. The lowest BCUT2D eigenvalue weighted by Crippen LogP contribution is -2.24. The Balaban J connectivity index is 1.67. The molecular formula is C14H18N4O. The third-order valence-electron chi connectivity index (χ3n) is 2.84. The first-order valence-electron chi connectivity index (χ1n) is 6.35. The number of benzene rings is 1. The molecule has 2 aromatic rings. The zero-order chi connectivity index (χ0) is 13.5. The van der Waals surface area contributed by atoms with Gasteiger partial charge in [-0.05, 0) is 31.0 Å². The van der Waals surface area contributed by atoms with Gasteiger partial charge in [0.25, 0.3) is 5.91 Å². The number of nitrogens with zero attached hydrogens (tertiary/aromatic N) is 2. The number of carbonyl (C=O) groups is 1. The summed E-state index contributed by atoms with van der Waals surface area (Å²) >= 11 is 0. The van der Waals surface area contributed by atoms with E-state index < -0.39 is 0 Å². The number of nitrogen functional groups attached to an aromatic ring is 1. The van der Waals surface area contributed by atoms with Gasteiger partial charge in [0.15, 0.2) is 0 Å². The van der Waals surface area contributed by atoms with Gasteiger partial charge in [-0.15, -0.1) is 0 Å². The fraction of sp³-hybridized carbons (Fsp3) is 0.286. The molecule has 0 aliphatic rings. The Labute approximate surface area is 112 Å². The first kappa shape index (κ1) is 13.1. The van der Waals surface area contributed by atoms with Gasteiger partial charge in [0.2, 0.25) is 0 Å². The number of hydrogen-bond donors (Lipinski definition) is 2. The summed E-state index contributed by atoms with van der Waals surface area (Å²) in [5.41, 5.74) is 6.85. The van der Waals surface area contributed by atoms with Crippen molar-refractivity contribution in [3.63, 3.8) is 0 Å². The topological polar surface area (TPSA) is 72.9 Å². The van der Waals surface area contributed by atoms with Crippen LogP contribution < -0.4 is 11.1 Å². The van der Waals surface area contributed by atoms with E-state index in [4.69, 9.17) is 5.73 Å². The van der Waals surface area contributed by atoms with Gasteiger partial charge in [-0.1, -0.05) is 6.07 Å². The molecule has 5 nitrogen and oxygen atoms in total. The van der Waals surface area contributed by atoms with E-state index in [1.54, 1.807) is 36.8 Å². The van der Waals surface area contributed by atoms with Crippen LogP contribution >= 0.6 is 0 Å². The van der Waals surface area contributed by atoms with Crippen molar-refractivity contribution in [1.82, 2.24) is 14.9 Å². The SMILES string of the molecule is Nc1cccc(C(=O)NCCCCn2ccnc2)c1. The molecule has 2 rings (SSSR count). The van der Waals surface area contributed by atoms with Crippen molar-refractivity contribution in [2.45, 2.75) is 19.4 Å². The second-order valence-corrected chi connectivity index (χ2v) is 4.39. The molecule has 19 heavy (non-hydrogen) atoms. The predicted octanol–water partition coefficient (Wildman–Crippen LogP) is 1.68. The molecule has 1 amide bonds. The molecule has 0 atom stereocenters. The van der Waals surface area contributed by atoms with E-state index in [9.17, 15) is 4.79 Å². The van der Waals surface area contributed by atoms with Gasteiger partial charge >= 0.3 is 0 Å². The van der Waals surface area contributed by atoms with Crippen molar-refractivity contribution in [2.75, 3.05) is 12.3 Å². The number of aryl methyl sites for hydroxylation is 1. The van der Waals surface area contributed by atoms with Gasteiger partial charge in [0.05, 0.1) is 6.33 Å². The number of nitrogens with two attached hydrogens (primary N) is 1. The smallest absolute Gasteiger partial charge is 0.251 e. The standard InChI is InChI=1S/C14H18N4O/c15-13-5-3-4-12(10-13)14(19)17-6-1-2-8-18-9-7-16-11-18/h3-5,7,9-11H,1-2,6,8,15H2,(H,17,19). The van der Waals surface area contributed by atoms with E-state index in [0.29, 0.717) is 17.8 Å². The number of amides is 1. The van der Waals surface area contributed by atoms with Crippen LogP contribution in [-0.4, -0.2) is 22.0 Å². The first-order chi connectivity index (χ1) is 9.25. The molecule has 0 aliphatic carbocycles. The Kier molecular flexibility index (Phi) is 4.55. The van der Waals surface area contributed by atoms with Crippen LogP contribution in [0.1, 0.15) is 23.2 Å². The third kappa shape index (κ3) is 4.13. The predicted molar refractivity (Wildman–Crippen MR) is 74.6 cm³/mol. The van der Waals surface area contributed by atoms with Gasteiger partial charge in [-0.3, -0.25) is 4.79 Å². The number of hydrogen-bond acceptors (Lipinski definition) is 3. The van der Waals surface area contributed by atoms with Crippen LogP contribution in [-0.2, 0) is 6.54 Å². The number of imidazole rings is 1. The molecule has 0 aliphatic heterocycles. The number of nitrogens with one attached hydrogen (secondary N) is 1. The number of carbonyl (C=O) groups excluding carboxylic acids is 1. The lowest BCUT2D eigenvalue weighted by Gasteiger charge is -2.06. The highest BCUT2D eigenvalue weighted by atomic mass is 16.1. The molecule has 0 saturated carbocycles. The molecule has 3 N–H and O–H groups in total. The fourth-order valence-corrected chi connectivity index (χ4v) is 1.82. The van der Waals surface area contributed by atoms with Crippen LogP contribution in [0.5, 0.6) is 0 Å². The van der Waals surface area contributed by atoms with Crippen LogP contribution in [0.2, 0.25) is 0 Å². The maximum Gasteiger partial charge on any atom is 0.251 e. The van der Waals surface area contributed by atoms with Crippen LogP contribution in [0.15, 0.2) is 43.0 Å². The lowest BCUT2D eigenvalue weighted by molar-refractivity contribution is 0.0953. The fourth-order valence-electron chi connectivity index (χ4n) is 1.82. The quantitative estimate of drug-likeness (QED) is 0.611. The molecule has 1 aromatic carbocycles. The van der Waals surface area contributed by atoms with Crippen LogP contribution in [0.3, 0.4) is 0 Å². The zero-order valence-electron chi connectivity index (χ0n) is 10.7. The summed E-state index contributed by atoms with van der Waals surface area (Å²) in [7, 11) is 0. The van der Waals surface area contributed by atoms with Crippen LogP contribution in [0.4, 0.5) is 5.69 Å². The van der Waals surface area contributed by atoms with Gasteiger partial charge in [0, 0.05) is 36.7 Å². The highest BCUT2D eigenvalue weighted by Crippen LogP contribution is 2.06. The molecule has 100 valence electrons. The van der Waals surface area contributed by atoms with E-state index in [-0.39, 0.29) is 5.91 Å². The summed E-state index contributed by atoms with van der Waals surface area (Å²) in [6.07, 6.45) is 7.44.